The van der Waals surface area contributed by atoms with Gasteiger partial charge in [0.15, 0.2) is 0 Å². The van der Waals surface area contributed by atoms with Crippen molar-refractivity contribution in [1.29, 1.82) is 0 Å². The van der Waals surface area contributed by atoms with Gasteiger partial charge in [-0.25, -0.2) is 0 Å². The van der Waals surface area contributed by atoms with E-state index in [0.717, 1.165) is 57.8 Å². The van der Waals surface area contributed by atoms with Gasteiger partial charge in [-0.05, 0) is 83.5 Å². The van der Waals surface area contributed by atoms with E-state index in [1.165, 1.54) is 193 Å². The van der Waals surface area contributed by atoms with E-state index in [1.54, 1.807) is 6.08 Å². The number of carbonyl (C=O) groups is 2. The number of hydrogen-bond acceptors (Lipinski definition) is 5. The lowest BCUT2D eigenvalue weighted by Crippen LogP contribution is -2.45. The number of carbonyl (C=O) groups excluding carboxylic acids is 2. The number of aliphatic hydroxyl groups is 2. The number of aliphatic hydroxyl groups excluding tert-OH is 2. The molecule has 0 bridgehead atoms. The van der Waals surface area contributed by atoms with Crippen LogP contribution in [0.15, 0.2) is 48.6 Å². The molecular formula is C57H105NO5. The van der Waals surface area contributed by atoms with E-state index in [0.29, 0.717) is 19.4 Å². The maximum Gasteiger partial charge on any atom is 0.305 e. The van der Waals surface area contributed by atoms with Crippen LogP contribution < -0.4 is 5.32 Å². The summed E-state index contributed by atoms with van der Waals surface area (Å²) in [7, 11) is 0. The predicted octanol–water partition coefficient (Wildman–Crippen LogP) is 16.6. The van der Waals surface area contributed by atoms with Crippen molar-refractivity contribution in [2.45, 2.75) is 289 Å². The Hall–Kier alpha value is -2.18. The molecule has 63 heavy (non-hydrogen) atoms. The molecular weight excluding hydrogens is 779 g/mol. The van der Waals surface area contributed by atoms with Gasteiger partial charge >= 0.3 is 5.97 Å². The zero-order chi connectivity index (χ0) is 45.8. The zero-order valence-electron chi connectivity index (χ0n) is 41.8. The van der Waals surface area contributed by atoms with Crippen LogP contribution in [0.3, 0.4) is 0 Å². The minimum atomic E-state index is -0.849. The number of esters is 1. The molecule has 0 aliphatic carbocycles. The summed E-state index contributed by atoms with van der Waals surface area (Å²) in [5.74, 6) is -0.0863. The fraction of sp³-hybridized carbons (Fsp3) is 0.825. The van der Waals surface area contributed by atoms with Crippen LogP contribution in [-0.4, -0.2) is 47.4 Å². The quantitative estimate of drug-likeness (QED) is 0.0321. The summed E-state index contributed by atoms with van der Waals surface area (Å²) in [6, 6.07) is -0.633. The number of amides is 1. The van der Waals surface area contributed by atoms with E-state index in [-0.39, 0.29) is 18.5 Å². The third-order valence-electron chi connectivity index (χ3n) is 12.3. The lowest BCUT2D eigenvalue weighted by atomic mass is 10.0. The fourth-order valence-corrected chi connectivity index (χ4v) is 8.08. The second-order valence-corrected chi connectivity index (χ2v) is 18.5. The van der Waals surface area contributed by atoms with E-state index >= 15 is 0 Å². The lowest BCUT2D eigenvalue weighted by Gasteiger charge is -2.20. The molecule has 0 aliphatic heterocycles. The first kappa shape index (κ1) is 60.8. The van der Waals surface area contributed by atoms with Crippen molar-refractivity contribution in [2.24, 2.45) is 0 Å². The third kappa shape index (κ3) is 49.1. The van der Waals surface area contributed by atoms with E-state index in [4.69, 9.17) is 4.74 Å². The van der Waals surface area contributed by atoms with Gasteiger partial charge in [0.1, 0.15) is 0 Å². The van der Waals surface area contributed by atoms with Crippen LogP contribution in [0.1, 0.15) is 277 Å². The minimum Gasteiger partial charge on any atom is -0.466 e. The average Bonchev–Trinajstić information content (AvgIpc) is 3.28. The number of unbranched alkanes of at least 4 members (excludes halogenated alkanes) is 33. The van der Waals surface area contributed by atoms with Crippen molar-refractivity contribution in [3.8, 4) is 0 Å². The molecule has 0 heterocycles. The Kier molecular flexibility index (Phi) is 50.6. The van der Waals surface area contributed by atoms with E-state index in [9.17, 15) is 19.8 Å². The molecule has 0 rings (SSSR count). The van der Waals surface area contributed by atoms with Crippen molar-refractivity contribution in [2.75, 3.05) is 13.2 Å². The molecule has 2 unspecified atom stereocenters. The van der Waals surface area contributed by atoms with Crippen molar-refractivity contribution in [3.63, 3.8) is 0 Å². The van der Waals surface area contributed by atoms with Crippen molar-refractivity contribution >= 4 is 11.9 Å². The Morgan fingerprint density at radius 1 is 0.444 bits per heavy atom. The predicted molar refractivity (Wildman–Crippen MR) is 273 cm³/mol. The Morgan fingerprint density at radius 3 is 1.29 bits per heavy atom. The highest BCUT2D eigenvalue weighted by atomic mass is 16.5. The van der Waals surface area contributed by atoms with Gasteiger partial charge in [-0.1, -0.05) is 229 Å². The summed E-state index contributed by atoms with van der Waals surface area (Å²) in [4.78, 5) is 24.4. The smallest absolute Gasteiger partial charge is 0.305 e. The van der Waals surface area contributed by atoms with Crippen LogP contribution in [0.25, 0.3) is 0 Å². The Bertz CT molecular complexity index is 1070. The van der Waals surface area contributed by atoms with Gasteiger partial charge in [-0.2, -0.15) is 0 Å². The highest BCUT2D eigenvalue weighted by Gasteiger charge is 2.18. The number of nitrogens with one attached hydrogen (secondary N) is 1. The third-order valence-corrected chi connectivity index (χ3v) is 12.3. The molecule has 0 fully saturated rings. The van der Waals surface area contributed by atoms with Gasteiger partial charge in [0.2, 0.25) is 5.91 Å². The largest absolute Gasteiger partial charge is 0.466 e. The zero-order valence-corrected chi connectivity index (χ0v) is 41.8. The standard InChI is InChI=1S/C57H105NO5/c1-3-5-7-9-11-13-15-26-31-35-39-43-47-51-57(62)63-52-48-44-40-36-32-28-25-23-21-19-17-18-20-22-24-27-30-34-38-42-46-50-56(61)58-54(53-59)55(60)49-45-41-37-33-29-16-14-12-10-8-6-4-2/h7,9,13,15,18,20,45,49,54-55,59-60H,3-6,8,10-12,14,16-17,19,21-44,46-48,50-53H2,1-2H3,(H,58,61)/b9-7-,15-13-,20-18-,49-45+. The van der Waals surface area contributed by atoms with Crippen LogP contribution in [0.5, 0.6) is 0 Å². The van der Waals surface area contributed by atoms with Crippen LogP contribution in [0.4, 0.5) is 0 Å². The Labute approximate surface area is 391 Å². The number of ether oxygens (including phenoxy) is 1. The molecule has 1 amide bonds. The van der Waals surface area contributed by atoms with Gasteiger partial charge in [-0.15, -0.1) is 0 Å². The number of hydrogen-bond donors (Lipinski definition) is 3. The molecule has 6 nitrogen and oxygen atoms in total. The molecule has 0 saturated carbocycles. The molecule has 2 atom stereocenters. The van der Waals surface area contributed by atoms with Gasteiger partial charge in [0.25, 0.3) is 0 Å². The summed E-state index contributed by atoms with van der Waals surface area (Å²) >= 11 is 0. The van der Waals surface area contributed by atoms with E-state index in [2.05, 4.69) is 55.6 Å². The van der Waals surface area contributed by atoms with Gasteiger partial charge < -0.3 is 20.3 Å². The van der Waals surface area contributed by atoms with Crippen LogP contribution in [0.2, 0.25) is 0 Å². The summed E-state index contributed by atoms with van der Waals surface area (Å²) in [5.41, 5.74) is 0. The van der Waals surface area contributed by atoms with E-state index < -0.39 is 12.1 Å². The highest BCUT2D eigenvalue weighted by molar-refractivity contribution is 5.76. The first-order valence-electron chi connectivity index (χ1n) is 27.4. The van der Waals surface area contributed by atoms with Crippen molar-refractivity contribution < 1.29 is 24.5 Å². The Morgan fingerprint density at radius 2 is 0.825 bits per heavy atom. The molecule has 0 aromatic carbocycles. The number of allylic oxidation sites excluding steroid dienone is 7. The topological polar surface area (TPSA) is 95.9 Å². The second kappa shape index (κ2) is 52.4. The Balaban J connectivity index is 3.45. The maximum atomic E-state index is 12.4. The second-order valence-electron chi connectivity index (χ2n) is 18.5. The minimum absolute atomic E-state index is 0.00865. The lowest BCUT2D eigenvalue weighted by molar-refractivity contribution is -0.143. The molecule has 0 aliphatic rings. The summed E-state index contributed by atoms with van der Waals surface area (Å²) in [6.45, 7) is 4.81. The average molecular weight is 884 g/mol. The van der Waals surface area contributed by atoms with Gasteiger partial charge in [-0.3, -0.25) is 9.59 Å². The molecule has 6 heteroatoms. The summed E-state index contributed by atoms with van der Waals surface area (Å²) < 4.78 is 5.46. The van der Waals surface area contributed by atoms with Crippen molar-refractivity contribution in [1.82, 2.24) is 5.32 Å². The fourth-order valence-electron chi connectivity index (χ4n) is 8.08. The SMILES string of the molecule is CCC/C=C\C/C=C\CCCCCCCC(=O)OCCCCCCCCCCCC/C=C\CCCCCCCCCC(=O)NC(CO)C(O)/C=C/CCCCCCCCCCCC. The highest BCUT2D eigenvalue weighted by Crippen LogP contribution is 2.15. The van der Waals surface area contributed by atoms with Crippen LogP contribution in [-0.2, 0) is 14.3 Å². The summed E-state index contributed by atoms with van der Waals surface area (Å²) in [5, 5.41) is 23.0. The molecule has 0 saturated heterocycles. The van der Waals surface area contributed by atoms with Gasteiger partial charge in [0.05, 0.1) is 25.4 Å². The first-order valence-corrected chi connectivity index (χ1v) is 27.4. The van der Waals surface area contributed by atoms with E-state index in [1.807, 2.05) is 6.08 Å². The normalized spacial score (nSPS) is 13.0. The number of rotatable bonds is 50. The molecule has 0 radical (unpaired) electrons. The molecule has 3 N–H and O–H groups in total. The monoisotopic (exact) mass is 884 g/mol. The summed E-state index contributed by atoms with van der Waals surface area (Å²) in [6.07, 6.45) is 65.5. The maximum absolute atomic E-state index is 12.4. The molecule has 0 aromatic heterocycles. The molecule has 368 valence electrons. The molecule has 0 spiro atoms. The molecule has 0 aromatic rings. The van der Waals surface area contributed by atoms with Crippen molar-refractivity contribution in [3.05, 3.63) is 48.6 Å². The van der Waals surface area contributed by atoms with Gasteiger partial charge in [0, 0.05) is 12.8 Å². The van der Waals surface area contributed by atoms with Crippen LogP contribution in [0, 0.1) is 0 Å². The first-order chi connectivity index (χ1) is 31.0. The van der Waals surface area contributed by atoms with Crippen LogP contribution >= 0.6 is 0 Å².